The van der Waals surface area contributed by atoms with Gasteiger partial charge in [0, 0.05) is 18.2 Å². The summed E-state index contributed by atoms with van der Waals surface area (Å²) in [6, 6.07) is 4.13. The van der Waals surface area contributed by atoms with Gasteiger partial charge >= 0.3 is 0 Å². The first kappa shape index (κ1) is 12.2. The molecule has 0 amide bonds. The van der Waals surface area contributed by atoms with Crippen molar-refractivity contribution in [2.24, 2.45) is 5.92 Å². The monoisotopic (exact) mass is 221 g/mol. The van der Waals surface area contributed by atoms with E-state index in [1.807, 2.05) is 13.8 Å². The van der Waals surface area contributed by atoms with Gasteiger partial charge in [-0.1, -0.05) is 13.8 Å². The van der Waals surface area contributed by atoms with E-state index in [-0.39, 0.29) is 5.69 Å². The fraction of sp³-hybridized carbons (Fsp3) is 0.364. The minimum Gasteiger partial charge on any atom is -0.379 e. The number of hydrogen-bond acceptors (Lipinski definition) is 4. The number of nitrogens with zero attached hydrogens (tertiary/aromatic N) is 1. The van der Waals surface area contributed by atoms with E-state index in [0.29, 0.717) is 23.7 Å². The Labute approximate surface area is 93.6 Å². The lowest BCUT2D eigenvalue weighted by Crippen LogP contribution is -2.09. The lowest BCUT2D eigenvalue weighted by molar-refractivity contribution is -0.384. The fourth-order valence-corrected chi connectivity index (χ4v) is 1.21. The highest BCUT2D eigenvalue weighted by Gasteiger charge is 2.14. The molecule has 0 aliphatic heterocycles. The summed E-state index contributed by atoms with van der Waals surface area (Å²) in [6.45, 7) is 4.60. The third-order valence-corrected chi connectivity index (χ3v) is 2.01. The zero-order valence-electron chi connectivity index (χ0n) is 9.19. The van der Waals surface area contributed by atoms with Crippen LogP contribution in [0.1, 0.15) is 19.4 Å². The molecule has 5 nitrogen and oxygen atoms in total. The summed E-state index contributed by atoms with van der Waals surface area (Å²) in [4.78, 5) is 20.7. The van der Waals surface area contributed by atoms with E-state index in [1.54, 1.807) is 6.29 Å². The number of benzene rings is 1. The largest absolute Gasteiger partial charge is 0.379 e. The van der Waals surface area contributed by atoms with Gasteiger partial charge in [-0.3, -0.25) is 14.9 Å². The number of carbonyl (C=O) groups excluding carboxylic acids is 1. The Morgan fingerprint density at radius 2 is 2.19 bits per heavy atom. The summed E-state index contributed by atoms with van der Waals surface area (Å²) in [5.41, 5.74) is 0.635. The molecule has 1 aromatic rings. The molecule has 5 heteroatoms. The Morgan fingerprint density at radius 3 is 2.69 bits per heavy atom. The molecule has 0 aliphatic carbocycles. The van der Waals surface area contributed by atoms with Crippen molar-refractivity contribution in [1.29, 1.82) is 0 Å². The summed E-state index contributed by atoms with van der Waals surface area (Å²) in [6.07, 6.45) is 1.71. The van der Waals surface area contributed by atoms with Gasteiger partial charge < -0.3 is 5.32 Å². The molecule has 1 N–H and O–H groups in total. The smallest absolute Gasteiger partial charge is 0.292 e. The van der Waals surface area contributed by atoms with Gasteiger partial charge in [0.05, 0.1) is 4.92 Å². The zero-order valence-corrected chi connectivity index (χ0v) is 9.19. The maximum atomic E-state index is 10.7. The molecule has 1 rings (SSSR count). The van der Waals surface area contributed by atoms with E-state index in [2.05, 4.69) is 5.32 Å². The van der Waals surface area contributed by atoms with Gasteiger partial charge in [0.15, 0.2) is 0 Å². The second-order valence-corrected chi connectivity index (χ2v) is 3.87. The van der Waals surface area contributed by atoms with E-state index in [0.717, 1.165) is 0 Å². The van der Waals surface area contributed by atoms with Gasteiger partial charge in [0.2, 0.25) is 6.29 Å². The van der Waals surface area contributed by atoms with E-state index >= 15 is 0 Å². The van der Waals surface area contributed by atoms with Gasteiger partial charge in [-0.05, 0) is 18.1 Å². The van der Waals surface area contributed by atoms with Crippen LogP contribution in [-0.2, 0) is 4.79 Å². The predicted octanol–water partition coefficient (Wildman–Crippen LogP) is 2.12. The van der Waals surface area contributed by atoms with Crippen molar-refractivity contribution in [2.45, 2.75) is 13.8 Å². The Bertz CT molecular complexity index is 402. The molecular weight excluding hydrogens is 208 g/mol. The zero-order chi connectivity index (χ0) is 12.1. The minimum absolute atomic E-state index is 0.0281. The quantitative estimate of drug-likeness (QED) is 0.610. The van der Waals surface area contributed by atoms with Crippen molar-refractivity contribution in [3.05, 3.63) is 33.9 Å². The Morgan fingerprint density at radius 1 is 1.50 bits per heavy atom. The molecule has 0 saturated heterocycles. The number of rotatable bonds is 5. The summed E-state index contributed by atoms with van der Waals surface area (Å²) >= 11 is 0. The minimum atomic E-state index is -0.475. The van der Waals surface area contributed by atoms with Gasteiger partial charge in [0.1, 0.15) is 5.69 Å². The first-order valence-corrected chi connectivity index (χ1v) is 4.95. The highest BCUT2D eigenvalue weighted by atomic mass is 16.6. The molecule has 0 saturated carbocycles. The number of nitro groups is 1. The third kappa shape index (κ3) is 3.05. The maximum Gasteiger partial charge on any atom is 0.292 e. The molecule has 0 spiro atoms. The first-order valence-electron chi connectivity index (χ1n) is 4.95. The summed E-state index contributed by atoms with van der Waals surface area (Å²) in [5, 5.41) is 13.7. The van der Waals surface area contributed by atoms with Crippen molar-refractivity contribution in [3.63, 3.8) is 0 Å². The predicted molar refractivity (Wildman–Crippen MR) is 61.2 cm³/mol. The van der Waals surface area contributed by atoms with Crippen molar-refractivity contribution >= 4 is 17.7 Å². The van der Waals surface area contributed by atoms with E-state index in [1.165, 1.54) is 18.2 Å². The SMILES string of the molecule is CC(C)CNc1cc([C]=O)ccc1[N+](=O)[O-]. The molecule has 85 valence electrons. The Hall–Kier alpha value is -1.91. The van der Waals surface area contributed by atoms with Crippen LogP contribution in [0.25, 0.3) is 0 Å². The van der Waals surface area contributed by atoms with Crippen LogP contribution in [0, 0.1) is 16.0 Å². The summed E-state index contributed by atoms with van der Waals surface area (Å²) < 4.78 is 0. The Balaban J connectivity index is 3.00. The molecule has 0 aliphatic rings. The van der Waals surface area contributed by atoms with Crippen LogP contribution in [0.5, 0.6) is 0 Å². The van der Waals surface area contributed by atoms with Gasteiger partial charge in [-0.25, -0.2) is 0 Å². The van der Waals surface area contributed by atoms with E-state index < -0.39 is 4.92 Å². The molecule has 0 atom stereocenters. The molecular formula is C11H13N2O3. The molecule has 1 aromatic carbocycles. The number of nitro benzene ring substituents is 1. The number of nitrogens with one attached hydrogen (secondary N) is 1. The van der Waals surface area contributed by atoms with Gasteiger partial charge in [0.25, 0.3) is 5.69 Å². The van der Waals surface area contributed by atoms with Crippen molar-refractivity contribution < 1.29 is 9.72 Å². The van der Waals surface area contributed by atoms with Crippen LogP contribution in [0.15, 0.2) is 18.2 Å². The van der Waals surface area contributed by atoms with Crippen LogP contribution < -0.4 is 5.32 Å². The van der Waals surface area contributed by atoms with Gasteiger partial charge in [-0.2, -0.15) is 0 Å². The molecule has 0 unspecified atom stereocenters. The Kier molecular flexibility index (Phi) is 3.99. The van der Waals surface area contributed by atoms with Crippen LogP contribution in [0.3, 0.4) is 0 Å². The van der Waals surface area contributed by atoms with Crippen molar-refractivity contribution in [3.8, 4) is 0 Å². The number of anilines is 1. The molecule has 16 heavy (non-hydrogen) atoms. The third-order valence-electron chi connectivity index (χ3n) is 2.01. The summed E-state index contributed by atoms with van der Waals surface area (Å²) in [5.74, 6) is 0.364. The van der Waals surface area contributed by atoms with Crippen LogP contribution in [0.2, 0.25) is 0 Å². The molecule has 0 heterocycles. The second-order valence-electron chi connectivity index (χ2n) is 3.87. The molecule has 0 bridgehead atoms. The number of hydrogen-bond donors (Lipinski definition) is 1. The topological polar surface area (TPSA) is 72.2 Å². The van der Waals surface area contributed by atoms with E-state index in [4.69, 9.17) is 0 Å². The standard InChI is InChI=1S/C11H13N2O3/c1-8(2)6-12-10-5-9(7-14)3-4-11(10)13(15)16/h3-5,8,12H,6H2,1-2H3. The fourth-order valence-electron chi connectivity index (χ4n) is 1.21. The lowest BCUT2D eigenvalue weighted by atomic mass is 10.1. The average Bonchev–Trinajstić information content (AvgIpc) is 2.25. The van der Waals surface area contributed by atoms with E-state index in [9.17, 15) is 14.9 Å². The van der Waals surface area contributed by atoms with Gasteiger partial charge in [-0.15, -0.1) is 0 Å². The maximum absolute atomic E-state index is 10.7. The normalized spacial score (nSPS) is 10.2. The molecule has 1 radical (unpaired) electrons. The van der Waals surface area contributed by atoms with Crippen LogP contribution >= 0.6 is 0 Å². The van der Waals surface area contributed by atoms with Crippen molar-refractivity contribution in [2.75, 3.05) is 11.9 Å². The highest BCUT2D eigenvalue weighted by molar-refractivity contribution is 5.80. The second kappa shape index (κ2) is 5.25. The highest BCUT2D eigenvalue weighted by Crippen LogP contribution is 2.25. The molecule has 0 fully saturated rings. The van der Waals surface area contributed by atoms with Crippen LogP contribution in [-0.4, -0.2) is 17.8 Å². The van der Waals surface area contributed by atoms with Crippen LogP contribution in [0.4, 0.5) is 11.4 Å². The first-order chi connectivity index (χ1) is 7.54. The van der Waals surface area contributed by atoms with Crippen molar-refractivity contribution in [1.82, 2.24) is 0 Å². The molecule has 0 aromatic heterocycles. The average molecular weight is 221 g/mol. The lowest BCUT2D eigenvalue weighted by Gasteiger charge is -2.09. The summed E-state index contributed by atoms with van der Waals surface area (Å²) in [7, 11) is 0.